The Morgan fingerprint density at radius 3 is 2.29 bits per heavy atom. The van der Waals surface area contributed by atoms with Crippen LogP contribution in [-0.4, -0.2) is 42.0 Å². The van der Waals surface area contributed by atoms with E-state index in [4.69, 9.17) is 9.47 Å². The van der Waals surface area contributed by atoms with Crippen molar-refractivity contribution in [3.63, 3.8) is 0 Å². The van der Waals surface area contributed by atoms with Gasteiger partial charge in [-0.1, -0.05) is 62.4 Å². The summed E-state index contributed by atoms with van der Waals surface area (Å²) in [7, 11) is 1.60. The van der Waals surface area contributed by atoms with Gasteiger partial charge in [-0.2, -0.15) is 0 Å². The third-order valence-electron chi connectivity index (χ3n) is 6.99. The van der Waals surface area contributed by atoms with Crippen molar-refractivity contribution in [2.24, 2.45) is 0 Å². The van der Waals surface area contributed by atoms with E-state index < -0.39 is 17.7 Å². The lowest BCUT2D eigenvalue weighted by atomic mass is 9.93. The van der Waals surface area contributed by atoms with Crippen molar-refractivity contribution < 1.29 is 24.2 Å². The summed E-state index contributed by atoms with van der Waals surface area (Å²) in [5, 5.41) is 11.3. The van der Waals surface area contributed by atoms with E-state index in [0.717, 1.165) is 22.3 Å². The Kier molecular flexibility index (Phi) is 8.64. The van der Waals surface area contributed by atoms with Crippen LogP contribution in [0, 0.1) is 6.92 Å². The number of ketones is 1. The molecule has 1 aliphatic rings. The van der Waals surface area contributed by atoms with Crippen LogP contribution in [0.4, 0.5) is 0 Å². The average Bonchev–Trinajstić information content (AvgIpc) is 3.18. The monoisotopic (exact) mass is 513 g/mol. The van der Waals surface area contributed by atoms with Gasteiger partial charge < -0.3 is 19.5 Å². The Labute approximate surface area is 224 Å². The summed E-state index contributed by atoms with van der Waals surface area (Å²) in [6, 6.07) is 22.2. The molecule has 0 aliphatic carbocycles. The summed E-state index contributed by atoms with van der Waals surface area (Å²) in [5.74, 6) is -0.494. The quantitative estimate of drug-likeness (QED) is 0.152. The number of nitrogens with zero attached hydrogens (tertiary/aromatic N) is 1. The Bertz CT molecular complexity index is 1310. The predicted octanol–water partition coefficient (Wildman–Crippen LogP) is 6.16. The molecule has 3 aromatic carbocycles. The Balaban J connectivity index is 1.65. The maximum Gasteiger partial charge on any atom is 0.295 e. The zero-order chi connectivity index (χ0) is 27.2. The molecule has 1 atom stereocenters. The van der Waals surface area contributed by atoms with E-state index in [0.29, 0.717) is 43.4 Å². The van der Waals surface area contributed by atoms with E-state index in [9.17, 15) is 14.7 Å². The minimum atomic E-state index is -0.683. The van der Waals surface area contributed by atoms with Crippen molar-refractivity contribution in [3.8, 4) is 5.75 Å². The van der Waals surface area contributed by atoms with E-state index in [1.807, 2.05) is 55.5 Å². The lowest BCUT2D eigenvalue weighted by Gasteiger charge is -2.25. The zero-order valence-electron chi connectivity index (χ0n) is 22.4. The third-order valence-corrected chi connectivity index (χ3v) is 6.99. The van der Waals surface area contributed by atoms with Crippen molar-refractivity contribution in [2.75, 3.05) is 20.3 Å². The van der Waals surface area contributed by atoms with Gasteiger partial charge in [0.05, 0.1) is 11.6 Å². The number of carbonyl (C=O) groups is 2. The summed E-state index contributed by atoms with van der Waals surface area (Å²) in [5.41, 5.74) is 4.73. The van der Waals surface area contributed by atoms with Crippen molar-refractivity contribution in [1.29, 1.82) is 0 Å². The predicted molar refractivity (Wildman–Crippen MR) is 148 cm³/mol. The number of aliphatic hydroxyl groups excluding tert-OH is 1. The van der Waals surface area contributed by atoms with Gasteiger partial charge in [-0.25, -0.2) is 0 Å². The van der Waals surface area contributed by atoms with Crippen LogP contribution in [0.15, 0.2) is 78.4 Å². The highest BCUT2D eigenvalue weighted by Gasteiger charge is 2.45. The van der Waals surface area contributed by atoms with Crippen LogP contribution < -0.4 is 4.74 Å². The van der Waals surface area contributed by atoms with Gasteiger partial charge >= 0.3 is 0 Å². The molecule has 198 valence electrons. The first-order valence-electron chi connectivity index (χ1n) is 13.0. The van der Waals surface area contributed by atoms with Gasteiger partial charge in [0.1, 0.15) is 18.1 Å². The number of amides is 1. The van der Waals surface area contributed by atoms with Gasteiger partial charge in [0.15, 0.2) is 0 Å². The normalized spacial score (nSPS) is 16.9. The summed E-state index contributed by atoms with van der Waals surface area (Å²) in [6.45, 7) is 7.50. The van der Waals surface area contributed by atoms with Crippen LogP contribution >= 0.6 is 0 Å². The van der Waals surface area contributed by atoms with Crippen LogP contribution in [0.25, 0.3) is 5.76 Å². The fraction of sp³-hybridized carbons (Fsp3) is 0.312. The molecule has 1 aliphatic heterocycles. The lowest BCUT2D eigenvalue weighted by molar-refractivity contribution is -0.140. The average molecular weight is 514 g/mol. The molecule has 6 heteroatoms. The van der Waals surface area contributed by atoms with Gasteiger partial charge in [0, 0.05) is 25.8 Å². The first-order valence-corrected chi connectivity index (χ1v) is 13.0. The van der Waals surface area contributed by atoms with Gasteiger partial charge in [0.2, 0.25) is 0 Å². The molecule has 0 spiro atoms. The van der Waals surface area contributed by atoms with Gasteiger partial charge in [-0.05, 0) is 65.8 Å². The molecular weight excluding hydrogens is 478 g/mol. The molecule has 3 aromatic rings. The second kappa shape index (κ2) is 12.1. The standard InChI is InChI=1S/C32H35NO5/c1-21(2)23-10-12-24(13-11-23)29-28(31(35)32(36)33(29)18-7-19-37-4)30(34)25-14-16-27(17-15-25)38-20-26-9-6-5-8-22(26)3/h5-6,8-17,21,29,34H,7,18-20H2,1-4H3. The number of rotatable bonds is 10. The van der Waals surface area contributed by atoms with Crippen LogP contribution in [0.3, 0.4) is 0 Å². The van der Waals surface area contributed by atoms with E-state index in [-0.39, 0.29) is 11.3 Å². The summed E-state index contributed by atoms with van der Waals surface area (Å²) < 4.78 is 11.1. The maximum absolute atomic E-state index is 13.2. The molecule has 6 nitrogen and oxygen atoms in total. The number of hydrogen-bond acceptors (Lipinski definition) is 5. The van der Waals surface area contributed by atoms with Crippen molar-refractivity contribution in [1.82, 2.24) is 4.90 Å². The van der Waals surface area contributed by atoms with E-state index in [1.165, 1.54) is 4.90 Å². The van der Waals surface area contributed by atoms with E-state index >= 15 is 0 Å². The molecule has 0 saturated carbocycles. The second-order valence-corrected chi connectivity index (χ2v) is 9.90. The first-order chi connectivity index (χ1) is 18.3. The Hall–Kier alpha value is -3.90. The largest absolute Gasteiger partial charge is 0.507 e. The molecule has 4 rings (SSSR count). The van der Waals surface area contributed by atoms with Crippen LogP contribution in [0.5, 0.6) is 5.75 Å². The number of ether oxygens (including phenoxy) is 2. The number of aryl methyl sites for hydroxylation is 1. The van der Waals surface area contributed by atoms with Gasteiger partial charge in [-0.3, -0.25) is 9.59 Å². The molecule has 1 fully saturated rings. The molecule has 0 radical (unpaired) electrons. The first kappa shape index (κ1) is 27.1. The van der Waals surface area contributed by atoms with Crippen LogP contribution in [0.1, 0.15) is 60.0 Å². The molecule has 1 saturated heterocycles. The number of benzene rings is 3. The number of hydrogen-bond donors (Lipinski definition) is 1. The Morgan fingerprint density at radius 1 is 0.974 bits per heavy atom. The summed E-state index contributed by atoms with van der Waals surface area (Å²) in [4.78, 5) is 27.8. The molecule has 1 amide bonds. The SMILES string of the molecule is COCCCN1C(=O)C(=O)C(=C(O)c2ccc(OCc3ccccc3C)cc2)C1c1ccc(C(C)C)cc1. The van der Waals surface area contributed by atoms with Crippen molar-refractivity contribution in [2.45, 2.75) is 45.8 Å². The highest BCUT2D eigenvalue weighted by atomic mass is 16.5. The maximum atomic E-state index is 13.2. The van der Waals surface area contributed by atoms with Crippen LogP contribution in [-0.2, 0) is 20.9 Å². The van der Waals surface area contributed by atoms with E-state index in [2.05, 4.69) is 13.8 Å². The third kappa shape index (κ3) is 5.81. The van der Waals surface area contributed by atoms with Crippen LogP contribution in [0.2, 0.25) is 0 Å². The number of methoxy groups -OCH3 is 1. The molecule has 38 heavy (non-hydrogen) atoms. The number of likely N-dealkylation sites (tertiary alicyclic amines) is 1. The second-order valence-electron chi connectivity index (χ2n) is 9.90. The summed E-state index contributed by atoms with van der Waals surface area (Å²) >= 11 is 0. The molecule has 1 unspecified atom stereocenters. The molecule has 1 heterocycles. The molecule has 0 bridgehead atoms. The minimum absolute atomic E-state index is 0.0956. The zero-order valence-corrected chi connectivity index (χ0v) is 22.4. The van der Waals surface area contributed by atoms with Gasteiger partial charge in [0.25, 0.3) is 11.7 Å². The number of Topliss-reactive ketones (excluding diaryl/α,β-unsaturated/α-hetero) is 1. The topological polar surface area (TPSA) is 76.1 Å². The fourth-order valence-electron chi connectivity index (χ4n) is 4.70. The van der Waals surface area contributed by atoms with Gasteiger partial charge in [-0.15, -0.1) is 0 Å². The number of carbonyl (C=O) groups excluding carboxylic acids is 2. The van der Waals surface area contributed by atoms with Crippen molar-refractivity contribution in [3.05, 3.63) is 106 Å². The molecule has 0 aromatic heterocycles. The minimum Gasteiger partial charge on any atom is -0.507 e. The highest BCUT2D eigenvalue weighted by molar-refractivity contribution is 6.46. The molecule has 1 N–H and O–H groups in total. The highest BCUT2D eigenvalue weighted by Crippen LogP contribution is 2.40. The number of aliphatic hydroxyl groups is 1. The fourth-order valence-corrected chi connectivity index (χ4v) is 4.70. The smallest absolute Gasteiger partial charge is 0.295 e. The molecular formula is C32H35NO5. The summed E-state index contributed by atoms with van der Waals surface area (Å²) in [6.07, 6.45) is 0.580. The Morgan fingerprint density at radius 2 is 1.66 bits per heavy atom. The van der Waals surface area contributed by atoms with E-state index in [1.54, 1.807) is 31.4 Å². The lowest BCUT2D eigenvalue weighted by Crippen LogP contribution is -2.31. The van der Waals surface area contributed by atoms with Crippen molar-refractivity contribution >= 4 is 17.4 Å².